The zero-order valence-electron chi connectivity index (χ0n) is 16.9. The smallest absolute Gasteiger partial charge is 0.242 e. The fourth-order valence-corrected chi connectivity index (χ4v) is 4.24. The summed E-state index contributed by atoms with van der Waals surface area (Å²) in [5.74, 6) is 0.701. The van der Waals surface area contributed by atoms with Crippen LogP contribution >= 0.6 is 35.0 Å². The Morgan fingerprint density at radius 2 is 1.86 bits per heavy atom. The van der Waals surface area contributed by atoms with Crippen molar-refractivity contribution in [3.63, 3.8) is 0 Å². The Kier molecular flexibility index (Phi) is 9.34. The predicted octanol–water partition coefficient (Wildman–Crippen LogP) is 5.09. The molecule has 0 heterocycles. The molecular weight excluding hydrogens is 427 g/mol. The van der Waals surface area contributed by atoms with Crippen LogP contribution in [0.2, 0.25) is 10.0 Å². The van der Waals surface area contributed by atoms with Crippen molar-refractivity contribution in [3.05, 3.63) is 69.2 Å². The van der Waals surface area contributed by atoms with Crippen LogP contribution in [0.5, 0.6) is 0 Å². The third kappa shape index (κ3) is 6.95. The van der Waals surface area contributed by atoms with Gasteiger partial charge in [-0.2, -0.15) is 0 Å². The van der Waals surface area contributed by atoms with E-state index in [1.165, 1.54) is 11.8 Å². The predicted molar refractivity (Wildman–Crippen MR) is 122 cm³/mol. The van der Waals surface area contributed by atoms with Gasteiger partial charge < -0.3 is 10.2 Å². The van der Waals surface area contributed by atoms with E-state index in [2.05, 4.69) is 5.32 Å². The van der Waals surface area contributed by atoms with Crippen molar-refractivity contribution in [1.82, 2.24) is 10.2 Å². The van der Waals surface area contributed by atoms with Gasteiger partial charge in [0.25, 0.3) is 0 Å². The summed E-state index contributed by atoms with van der Waals surface area (Å²) < 4.78 is 0. The summed E-state index contributed by atoms with van der Waals surface area (Å²) in [4.78, 5) is 27.1. The number of hydrogen-bond acceptors (Lipinski definition) is 3. The summed E-state index contributed by atoms with van der Waals surface area (Å²) in [6, 6.07) is 13.0. The molecule has 2 rings (SSSR count). The summed E-state index contributed by atoms with van der Waals surface area (Å²) in [6.45, 7) is 4.33. The molecule has 156 valence electrons. The van der Waals surface area contributed by atoms with Crippen LogP contribution in [0.25, 0.3) is 0 Å². The van der Waals surface area contributed by atoms with Crippen molar-refractivity contribution in [2.24, 2.45) is 0 Å². The molecule has 2 aromatic carbocycles. The quantitative estimate of drug-likeness (QED) is 0.576. The Morgan fingerprint density at radius 3 is 2.48 bits per heavy atom. The molecule has 0 spiro atoms. The van der Waals surface area contributed by atoms with Gasteiger partial charge in [0.2, 0.25) is 11.8 Å². The monoisotopic (exact) mass is 452 g/mol. The Hall–Kier alpha value is -1.69. The summed E-state index contributed by atoms with van der Waals surface area (Å²) in [6.07, 6.45) is 0.550. The average Bonchev–Trinajstić information content (AvgIpc) is 2.70. The molecular formula is C22H26Cl2N2O2S. The van der Waals surface area contributed by atoms with Crippen LogP contribution in [0.15, 0.2) is 42.5 Å². The number of likely N-dealkylation sites (N-methyl/N-ethyl adjacent to an activating group) is 1. The summed E-state index contributed by atoms with van der Waals surface area (Å²) >= 11 is 13.5. The highest BCUT2D eigenvalue weighted by atomic mass is 35.5. The first-order valence-corrected chi connectivity index (χ1v) is 11.3. The molecule has 0 saturated heterocycles. The largest absolute Gasteiger partial charge is 0.357 e. The zero-order valence-corrected chi connectivity index (χ0v) is 19.2. The van der Waals surface area contributed by atoms with Crippen LogP contribution in [-0.2, 0) is 21.9 Å². The first kappa shape index (κ1) is 23.6. The molecule has 7 heteroatoms. The minimum atomic E-state index is -0.501. The molecule has 4 nitrogen and oxygen atoms in total. The number of thioether (sulfide) groups is 1. The minimum Gasteiger partial charge on any atom is -0.357 e. The molecule has 0 unspecified atom stereocenters. The second-order valence-electron chi connectivity index (χ2n) is 6.79. The van der Waals surface area contributed by atoms with Gasteiger partial charge in [0, 0.05) is 19.3 Å². The lowest BCUT2D eigenvalue weighted by Crippen LogP contribution is -2.48. The number of carbonyl (C=O) groups excluding carboxylic acids is 2. The number of aryl methyl sites for hydroxylation is 1. The van der Waals surface area contributed by atoms with E-state index in [4.69, 9.17) is 23.2 Å². The number of carbonyl (C=O) groups is 2. The highest BCUT2D eigenvalue weighted by molar-refractivity contribution is 7.99. The Morgan fingerprint density at radius 1 is 1.10 bits per heavy atom. The fourth-order valence-electron chi connectivity index (χ4n) is 3.06. The SMILES string of the molecule is CC[C@@H](C(=O)NC)N(Cc1cccc(C)c1)C(=O)CSCc1ccc(Cl)c(Cl)c1. The van der Waals surface area contributed by atoms with Gasteiger partial charge in [-0.25, -0.2) is 0 Å². The van der Waals surface area contributed by atoms with Crippen molar-refractivity contribution >= 4 is 46.8 Å². The zero-order chi connectivity index (χ0) is 21.4. The number of benzene rings is 2. The topological polar surface area (TPSA) is 49.4 Å². The van der Waals surface area contributed by atoms with Gasteiger partial charge >= 0.3 is 0 Å². The standard InChI is InChI=1S/C22H26Cl2N2O2S/c1-4-20(22(28)25-3)26(12-16-7-5-6-15(2)10-16)21(27)14-29-13-17-8-9-18(23)19(24)11-17/h5-11,20H,4,12-14H2,1-3H3,(H,25,28)/t20-/m0/s1. The Bertz CT molecular complexity index is 860. The summed E-state index contributed by atoms with van der Waals surface area (Å²) in [5, 5.41) is 3.69. The maximum atomic E-state index is 13.0. The molecule has 0 saturated carbocycles. The second kappa shape index (κ2) is 11.5. The van der Waals surface area contributed by atoms with Crippen molar-refractivity contribution in [3.8, 4) is 0 Å². The Labute approximate surface area is 187 Å². The molecule has 0 radical (unpaired) electrons. The molecule has 0 aliphatic carbocycles. The van der Waals surface area contributed by atoms with Crippen LogP contribution in [0.1, 0.15) is 30.0 Å². The summed E-state index contributed by atoms with van der Waals surface area (Å²) in [5.41, 5.74) is 3.13. The van der Waals surface area contributed by atoms with Gasteiger partial charge in [-0.15, -0.1) is 11.8 Å². The van der Waals surface area contributed by atoms with E-state index in [0.717, 1.165) is 16.7 Å². The van der Waals surface area contributed by atoms with E-state index < -0.39 is 6.04 Å². The molecule has 0 aliphatic rings. The lowest BCUT2D eigenvalue weighted by Gasteiger charge is -2.30. The molecule has 1 N–H and O–H groups in total. The molecule has 0 fully saturated rings. The van der Waals surface area contributed by atoms with Crippen LogP contribution < -0.4 is 5.32 Å². The summed E-state index contributed by atoms with van der Waals surface area (Å²) in [7, 11) is 1.60. The molecule has 29 heavy (non-hydrogen) atoms. The first-order valence-electron chi connectivity index (χ1n) is 9.44. The Balaban J connectivity index is 2.10. The first-order chi connectivity index (χ1) is 13.8. The van der Waals surface area contributed by atoms with Crippen molar-refractivity contribution < 1.29 is 9.59 Å². The number of halogens is 2. The van der Waals surface area contributed by atoms with Crippen molar-refractivity contribution in [1.29, 1.82) is 0 Å². The lowest BCUT2D eigenvalue weighted by atomic mass is 10.1. The van der Waals surface area contributed by atoms with E-state index in [0.29, 0.717) is 28.8 Å². The van der Waals surface area contributed by atoms with Gasteiger partial charge in [-0.1, -0.05) is 66.0 Å². The van der Waals surface area contributed by atoms with Gasteiger partial charge in [0.1, 0.15) is 6.04 Å². The van der Waals surface area contributed by atoms with Gasteiger partial charge in [0.05, 0.1) is 15.8 Å². The van der Waals surface area contributed by atoms with E-state index in [1.54, 1.807) is 18.0 Å². The maximum Gasteiger partial charge on any atom is 0.242 e. The van der Waals surface area contributed by atoms with Gasteiger partial charge in [0.15, 0.2) is 0 Å². The lowest BCUT2D eigenvalue weighted by molar-refractivity contribution is -0.139. The van der Waals surface area contributed by atoms with E-state index >= 15 is 0 Å². The van der Waals surface area contributed by atoms with Crippen LogP contribution in [0.3, 0.4) is 0 Å². The molecule has 1 atom stereocenters. The van der Waals surface area contributed by atoms with Crippen molar-refractivity contribution in [2.75, 3.05) is 12.8 Å². The third-order valence-electron chi connectivity index (χ3n) is 4.55. The van der Waals surface area contributed by atoms with E-state index in [1.807, 2.05) is 50.2 Å². The normalized spacial score (nSPS) is 11.8. The third-order valence-corrected chi connectivity index (χ3v) is 6.27. The number of nitrogens with zero attached hydrogens (tertiary/aromatic N) is 1. The highest BCUT2D eigenvalue weighted by Gasteiger charge is 2.27. The number of nitrogens with one attached hydrogen (secondary N) is 1. The number of hydrogen-bond donors (Lipinski definition) is 1. The van der Waals surface area contributed by atoms with Crippen LogP contribution in [-0.4, -0.2) is 35.6 Å². The van der Waals surface area contributed by atoms with E-state index in [-0.39, 0.29) is 17.6 Å². The molecule has 2 amide bonds. The maximum absolute atomic E-state index is 13.0. The number of amides is 2. The van der Waals surface area contributed by atoms with Crippen LogP contribution in [0.4, 0.5) is 0 Å². The minimum absolute atomic E-state index is 0.0629. The van der Waals surface area contributed by atoms with Crippen molar-refractivity contribution in [2.45, 2.75) is 38.6 Å². The fraction of sp³-hybridized carbons (Fsp3) is 0.364. The highest BCUT2D eigenvalue weighted by Crippen LogP contribution is 2.25. The van der Waals surface area contributed by atoms with Gasteiger partial charge in [-0.3, -0.25) is 9.59 Å². The molecule has 0 aliphatic heterocycles. The number of rotatable bonds is 9. The molecule has 0 bridgehead atoms. The molecule has 2 aromatic rings. The van der Waals surface area contributed by atoms with E-state index in [9.17, 15) is 9.59 Å². The average molecular weight is 453 g/mol. The van der Waals surface area contributed by atoms with Crippen LogP contribution in [0, 0.1) is 6.92 Å². The molecule has 0 aromatic heterocycles. The van der Waals surface area contributed by atoms with Gasteiger partial charge in [-0.05, 0) is 36.6 Å². The second-order valence-corrected chi connectivity index (χ2v) is 8.59.